The van der Waals surface area contributed by atoms with Gasteiger partial charge in [-0.1, -0.05) is 24.3 Å². The summed E-state index contributed by atoms with van der Waals surface area (Å²) in [4.78, 5) is 14.6. The summed E-state index contributed by atoms with van der Waals surface area (Å²) in [6.45, 7) is 0. The first-order chi connectivity index (χ1) is 7.77. The lowest BCUT2D eigenvalue weighted by Crippen LogP contribution is -2.24. The minimum absolute atomic E-state index is 0.687. The number of hydrazone groups is 1. The van der Waals surface area contributed by atoms with Crippen molar-refractivity contribution in [3.05, 3.63) is 42.2 Å². The van der Waals surface area contributed by atoms with Crippen molar-refractivity contribution in [2.24, 2.45) is 10.8 Å². The largest absolute Gasteiger partial charge is 0.350 e. The molecule has 0 saturated heterocycles. The number of benzene rings is 1. The molecule has 0 aliphatic rings. The van der Waals surface area contributed by atoms with Gasteiger partial charge >= 0.3 is 6.03 Å². The Labute approximate surface area is 92.0 Å². The summed E-state index contributed by atoms with van der Waals surface area (Å²) in [5.41, 5.74) is 7.70. The molecule has 2 rings (SSSR count). The lowest BCUT2D eigenvalue weighted by molar-refractivity contribution is 0.249. The number of primary amides is 1. The maximum absolute atomic E-state index is 10.4. The number of fused-ring (bicyclic) bond motifs is 1. The monoisotopic (exact) mass is 214 g/mol. The van der Waals surface area contributed by atoms with Crippen LogP contribution in [0.15, 0.2) is 41.6 Å². The second-order valence-electron chi connectivity index (χ2n) is 3.15. The molecule has 2 aromatic rings. The molecular formula is C11H10N4O. The topological polar surface area (TPSA) is 80.4 Å². The van der Waals surface area contributed by atoms with E-state index in [0.29, 0.717) is 5.69 Å². The summed E-state index contributed by atoms with van der Waals surface area (Å²) >= 11 is 0. The van der Waals surface area contributed by atoms with Gasteiger partial charge in [0.25, 0.3) is 0 Å². The van der Waals surface area contributed by atoms with Gasteiger partial charge < -0.3 is 5.73 Å². The summed E-state index contributed by atoms with van der Waals surface area (Å²) in [6, 6.07) is 9.00. The lowest BCUT2D eigenvalue weighted by Gasteiger charge is -1.99. The van der Waals surface area contributed by atoms with Crippen LogP contribution < -0.4 is 11.2 Å². The summed E-state index contributed by atoms with van der Waals surface area (Å²) < 4.78 is 0. The zero-order valence-electron chi connectivity index (χ0n) is 8.42. The Kier molecular flexibility index (Phi) is 2.77. The van der Waals surface area contributed by atoms with E-state index in [1.165, 1.54) is 6.21 Å². The molecule has 0 atom stereocenters. The molecule has 0 saturated carbocycles. The van der Waals surface area contributed by atoms with Gasteiger partial charge in [0.2, 0.25) is 0 Å². The van der Waals surface area contributed by atoms with Crippen LogP contribution in [0.5, 0.6) is 0 Å². The molecule has 0 spiro atoms. The van der Waals surface area contributed by atoms with Crippen LogP contribution in [0.1, 0.15) is 5.69 Å². The fourth-order valence-electron chi connectivity index (χ4n) is 1.40. The number of rotatable bonds is 2. The quantitative estimate of drug-likeness (QED) is 0.582. The van der Waals surface area contributed by atoms with Gasteiger partial charge in [0.15, 0.2) is 0 Å². The van der Waals surface area contributed by atoms with Crippen molar-refractivity contribution >= 4 is 23.0 Å². The molecule has 2 amide bonds. The molecular weight excluding hydrogens is 204 g/mol. The Morgan fingerprint density at radius 2 is 2.19 bits per heavy atom. The van der Waals surface area contributed by atoms with Crippen molar-refractivity contribution in [3.8, 4) is 0 Å². The van der Waals surface area contributed by atoms with E-state index in [2.05, 4.69) is 15.5 Å². The molecule has 1 heterocycles. The molecule has 80 valence electrons. The van der Waals surface area contributed by atoms with Crippen LogP contribution in [0, 0.1) is 0 Å². The summed E-state index contributed by atoms with van der Waals surface area (Å²) in [7, 11) is 0. The van der Waals surface area contributed by atoms with E-state index in [-0.39, 0.29) is 0 Å². The van der Waals surface area contributed by atoms with Crippen molar-refractivity contribution < 1.29 is 4.79 Å². The second-order valence-corrected chi connectivity index (χ2v) is 3.15. The van der Waals surface area contributed by atoms with E-state index in [0.717, 1.165) is 10.8 Å². The van der Waals surface area contributed by atoms with Gasteiger partial charge in [-0.05, 0) is 11.5 Å². The number of nitrogens with two attached hydrogens (primary N) is 1. The highest BCUT2D eigenvalue weighted by Gasteiger charge is 1.98. The first kappa shape index (κ1) is 10.1. The number of amides is 2. The molecule has 0 aliphatic heterocycles. The summed E-state index contributed by atoms with van der Waals surface area (Å²) in [5, 5.41) is 5.72. The fourth-order valence-corrected chi connectivity index (χ4v) is 1.40. The number of hydrogen-bond donors (Lipinski definition) is 2. The maximum Gasteiger partial charge on any atom is 0.332 e. The number of nitrogens with zero attached hydrogens (tertiary/aromatic N) is 2. The van der Waals surface area contributed by atoms with Crippen molar-refractivity contribution in [1.82, 2.24) is 10.4 Å². The number of carbonyl (C=O) groups excluding carboxylic acids is 1. The molecule has 5 nitrogen and oxygen atoms in total. The Morgan fingerprint density at radius 1 is 1.38 bits per heavy atom. The van der Waals surface area contributed by atoms with Crippen molar-refractivity contribution in [1.29, 1.82) is 0 Å². The normalized spacial score (nSPS) is 10.8. The standard InChI is InChI=1S/C11H10N4O/c12-11(16)15-14-7-10-9-4-2-1-3-8(9)5-6-13-10/h1-7H,(H3,12,15,16)/b14-7+. The predicted molar refractivity (Wildman–Crippen MR) is 62.1 cm³/mol. The minimum Gasteiger partial charge on any atom is -0.350 e. The highest BCUT2D eigenvalue weighted by Crippen LogP contribution is 2.14. The first-order valence-corrected chi connectivity index (χ1v) is 4.69. The molecule has 16 heavy (non-hydrogen) atoms. The van der Waals surface area contributed by atoms with Gasteiger partial charge in [0.1, 0.15) is 0 Å². The van der Waals surface area contributed by atoms with Gasteiger partial charge in [0.05, 0.1) is 11.9 Å². The van der Waals surface area contributed by atoms with Crippen molar-refractivity contribution in [3.63, 3.8) is 0 Å². The summed E-state index contributed by atoms with van der Waals surface area (Å²) in [6.07, 6.45) is 3.15. The van der Waals surface area contributed by atoms with Crippen LogP contribution >= 0.6 is 0 Å². The molecule has 1 aromatic carbocycles. The van der Waals surface area contributed by atoms with Gasteiger partial charge in [-0.25, -0.2) is 10.2 Å². The van der Waals surface area contributed by atoms with Crippen LogP contribution in [0.4, 0.5) is 4.79 Å². The molecule has 5 heteroatoms. The third kappa shape index (κ3) is 2.14. The second kappa shape index (κ2) is 4.39. The van der Waals surface area contributed by atoms with Crippen LogP contribution in [-0.2, 0) is 0 Å². The third-order valence-corrected chi connectivity index (χ3v) is 2.07. The molecule has 3 N–H and O–H groups in total. The highest BCUT2D eigenvalue weighted by molar-refractivity contribution is 5.97. The number of nitrogens with one attached hydrogen (secondary N) is 1. The van der Waals surface area contributed by atoms with E-state index in [1.807, 2.05) is 30.3 Å². The molecule has 0 radical (unpaired) electrons. The molecule has 0 bridgehead atoms. The first-order valence-electron chi connectivity index (χ1n) is 4.69. The number of urea groups is 1. The van der Waals surface area contributed by atoms with Crippen LogP contribution in [0.3, 0.4) is 0 Å². The average Bonchev–Trinajstić information content (AvgIpc) is 2.29. The summed E-state index contributed by atoms with van der Waals surface area (Å²) in [5.74, 6) is 0. The zero-order chi connectivity index (χ0) is 11.4. The van der Waals surface area contributed by atoms with E-state index in [9.17, 15) is 4.79 Å². The van der Waals surface area contributed by atoms with Gasteiger partial charge in [-0.15, -0.1) is 0 Å². The predicted octanol–water partition coefficient (Wildman–Crippen LogP) is 1.24. The van der Waals surface area contributed by atoms with E-state index < -0.39 is 6.03 Å². The number of pyridine rings is 1. The zero-order valence-corrected chi connectivity index (χ0v) is 8.42. The number of aromatic nitrogens is 1. The number of hydrogen-bond acceptors (Lipinski definition) is 3. The molecule has 0 unspecified atom stereocenters. The van der Waals surface area contributed by atoms with E-state index in [4.69, 9.17) is 5.73 Å². The van der Waals surface area contributed by atoms with Crippen molar-refractivity contribution in [2.45, 2.75) is 0 Å². The van der Waals surface area contributed by atoms with Gasteiger partial charge in [0, 0.05) is 11.6 Å². The van der Waals surface area contributed by atoms with Crippen LogP contribution in [-0.4, -0.2) is 17.2 Å². The fraction of sp³-hybridized carbons (Fsp3) is 0. The minimum atomic E-state index is -0.698. The van der Waals surface area contributed by atoms with E-state index in [1.54, 1.807) is 6.20 Å². The Balaban J connectivity index is 2.37. The smallest absolute Gasteiger partial charge is 0.332 e. The van der Waals surface area contributed by atoms with Crippen LogP contribution in [0.2, 0.25) is 0 Å². The highest BCUT2D eigenvalue weighted by atomic mass is 16.2. The van der Waals surface area contributed by atoms with Gasteiger partial charge in [-0.2, -0.15) is 5.10 Å². The average molecular weight is 214 g/mol. The lowest BCUT2D eigenvalue weighted by atomic mass is 10.1. The Bertz CT molecular complexity index is 545. The van der Waals surface area contributed by atoms with Crippen LogP contribution in [0.25, 0.3) is 10.8 Å². The van der Waals surface area contributed by atoms with Gasteiger partial charge in [-0.3, -0.25) is 4.98 Å². The molecule has 0 fully saturated rings. The molecule has 1 aromatic heterocycles. The maximum atomic E-state index is 10.4. The SMILES string of the molecule is NC(=O)N/N=C/c1nccc2ccccc12. The number of carbonyl (C=O) groups is 1. The van der Waals surface area contributed by atoms with Crippen molar-refractivity contribution in [2.75, 3.05) is 0 Å². The Hall–Kier alpha value is -2.43. The Morgan fingerprint density at radius 3 is 3.00 bits per heavy atom. The molecule has 0 aliphatic carbocycles. The third-order valence-electron chi connectivity index (χ3n) is 2.07. The van der Waals surface area contributed by atoms with E-state index >= 15 is 0 Å².